The molecule has 0 aliphatic rings. The summed E-state index contributed by atoms with van der Waals surface area (Å²) < 4.78 is 20.5. The van der Waals surface area contributed by atoms with E-state index in [1.54, 1.807) is 0 Å². The Bertz CT molecular complexity index is 6500. The molecule has 0 atom stereocenters. The van der Waals surface area contributed by atoms with Crippen molar-refractivity contribution in [1.29, 1.82) is 0 Å². The number of nitrogens with zero attached hydrogens (tertiary/aromatic N) is 4. The first-order valence-electron chi connectivity index (χ1n) is 31.2. The number of aromatic nitrogens is 4. The van der Waals surface area contributed by atoms with E-state index in [-0.39, 0.29) is 0 Å². The molecule has 0 unspecified atom stereocenters. The van der Waals surface area contributed by atoms with Crippen molar-refractivity contribution < 1.29 is 0 Å². The van der Waals surface area contributed by atoms with Crippen molar-refractivity contribution in [3.8, 4) is 22.7 Å². The van der Waals surface area contributed by atoms with Gasteiger partial charge in [-0.15, -0.1) is 45.3 Å². The summed E-state index contributed by atoms with van der Waals surface area (Å²) in [6.07, 6.45) is 0. The number of hydrogen-bond donors (Lipinski definition) is 0. The van der Waals surface area contributed by atoms with E-state index in [2.05, 4.69) is 309 Å². The van der Waals surface area contributed by atoms with Crippen LogP contribution in [0.3, 0.4) is 0 Å². The van der Waals surface area contributed by atoms with Crippen molar-refractivity contribution in [1.82, 2.24) is 18.3 Å². The summed E-state index contributed by atoms with van der Waals surface area (Å²) in [5, 5.41) is 20.8. The van der Waals surface area contributed by atoms with Crippen LogP contribution >= 0.6 is 45.3 Å². The number of benzene rings is 14. The Balaban J connectivity index is 0.000000124. The molecular weight excluding hydrogens is 1190 g/mol. The topological polar surface area (TPSA) is 19.7 Å². The van der Waals surface area contributed by atoms with Gasteiger partial charge in [-0.25, -0.2) is 0 Å². The predicted octanol–water partition coefficient (Wildman–Crippen LogP) is 25.2. The van der Waals surface area contributed by atoms with Crippen LogP contribution in [0.4, 0.5) is 0 Å². The molecule has 0 amide bonds. The molecule has 0 spiro atoms. The summed E-state index contributed by atoms with van der Waals surface area (Å²) in [7, 11) is 0. The first-order chi connectivity index (χ1) is 45.6. The molecule has 8 heteroatoms. The molecule has 0 bridgehead atoms. The lowest BCUT2D eigenvalue weighted by molar-refractivity contribution is 1.17. The minimum absolute atomic E-state index is 1.19. The van der Waals surface area contributed by atoms with Gasteiger partial charge in [0.25, 0.3) is 0 Å². The Labute approximate surface area is 541 Å². The van der Waals surface area contributed by atoms with Gasteiger partial charge in [0, 0.05) is 126 Å². The summed E-state index contributed by atoms with van der Waals surface area (Å²) in [4.78, 5) is 0. The summed E-state index contributed by atoms with van der Waals surface area (Å²) in [5.41, 5.74) is 14.7. The molecule has 14 aromatic carbocycles. The molecule has 0 fully saturated rings. The maximum atomic E-state index is 2.50. The molecule has 4 nitrogen and oxygen atoms in total. The number of para-hydroxylation sites is 4. The Morgan fingerprint density at radius 3 is 0.826 bits per heavy atom. The minimum Gasteiger partial charge on any atom is -0.309 e. The second kappa shape index (κ2) is 19.3. The molecule has 428 valence electrons. The van der Waals surface area contributed by atoms with Crippen LogP contribution in [0.15, 0.2) is 291 Å². The lowest BCUT2D eigenvalue weighted by Gasteiger charge is -2.11. The lowest BCUT2D eigenvalue weighted by Crippen LogP contribution is -1.96. The van der Waals surface area contributed by atoms with Gasteiger partial charge < -0.3 is 18.3 Å². The minimum atomic E-state index is 1.19. The van der Waals surface area contributed by atoms with Gasteiger partial charge in [0.2, 0.25) is 0 Å². The van der Waals surface area contributed by atoms with Crippen molar-refractivity contribution in [2.75, 3.05) is 0 Å². The highest BCUT2D eigenvalue weighted by molar-refractivity contribution is 7.27. The van der Waals surface area contributed by atoms with E-state index in [0.29, 0.717) is 0 Å². The molecule has 22 aromatic rings. The molecule has 0 radical (unpaired) electrons. The molecule has 0 aliphatic carbocycles. The fourth-order valence-electron chi connectivity index (χ4n) is 15.5. The summed E-state index contributed by atoms with van der Waals surface area (Å²) in [5.74, 6) is 0. The van der Waals surface area contributed by atoms with Crippen LogP contribution < -0.4 is 0 Å². The third-order valence-corrected chi connectivity index (χ3v) is 24.1. The fourth-order valence-corrected chi connectivity index (χ4v) is 20.0. The van der Waals surface area contributed by atoms with Gasteiger partial charge in [0.1, 0.15) is 0 Å². The van der Waals surface area contributed by atoms with E-state index in [1.165, 1.54) is 191 Å². The fraction of sp³-hybridized carbons (Fsp3) is 0. The van der Waals surface area contributed by atoms with Crippen molar-refractivity contribution in [2.45, 2.75) is 0 Å². The number of rotatable bonds is 4. The standard InChI is InChI=1S/2C42H24N2S2/c1-5-17-33-25(11-1)31-23-32-26-12-2-6-18-34(26)44(36-20-10-16-30-28-14-4-8-22-40(28)46-42(30)36)38(32)24-37(31)43(33)35-19-9-15-29-27-13-3-7-21-39(27)45-41(29)35;1-5-13-35-27(9-1)31-23-32-28-10-2-6-14-36(28)44(26-18-20-42-34(22-26)30-12-4-8-16-40(30)46-42)38(32)24-37(31)43(35)25-17-19-41-33(21-25)29-11-3-7-15-39(29)45-41/h2*1-24H. The first kappa shape index (κ1) is 51.0. The van der Waals surface area contributed by atoms with Gasteiger partial charge in [-0.05, 0) is 121 Å². The predicted molar refractivity (Wildman–Crippen MR) is 402 cm³/mol. The highest BCUT2D eigenvalue weighted by Gasteiger charge is 2.24. The molecule has 0 N–H and O–H groups in total. The van der Waals surface area contributed by atoms with Gasteiger partial charge >= 0.3 is 0 Å². The zero-order valence-corrected chi connectivity index (χ0v) is 52.4. The van der Waals surface area contributed by atoms with Crippen LogP contribution in [-0.4, -0.2) is 18.3 Å². The third kappa shape index (κ3) is 7.20. The summed E-state index contributed by atoms with van der Waals surface area (Å²) >= 11 is 7.52. The van der Waals surface area contributed by atoms with Crippen molar-refractivity contribution in [3.63, 3.8) is 0 Å². The van der Waals surface area contributed by atoms with Crippen LogP contribution in [0.2, 0.25) is 0 Å². The van der Waals surface area contributed by atoms with Gasteiger partial charge in [-0.3, -0.25) is 0 Å². The van der Waals surface area contributed by atoms with E-state index in [1.807, 2.05) is 45.3 Å². The zero-order valence-electron chi connectivity index (χ0n) is 49.1. The molecular formula is C84H48N4S4. The van der Waals surface area contributed by atoms with E-state index < -0.39 is 0 Å². The maximum Gasteiger partial charge on any atom is 0.0640 e. The lowest BCUT2D eigenvalue weighted by atomic mass is 10.1. The average Bonchev–Trinajstić information content (AvgIpc) is 1.56. The Kier molecular flexibility index (Phi) is 10.7. The molecule has 22 rings (SSSR count). The summed E-state index contributed by atoms with van der Waals surface area (Å²) in [6.45, 7) is 0. The Morgan fingerprint density at radius 2 is 0.446 bits per heavy atom. The maximum absolute atomic E-state index is 2.50. The molecule has 0 saturated carbocycles. The van der Waals surface area contributed by atoms with E-state index in [9.17, 15) is 0 Å². The van der Waals surface area contributed by atoms with Crippen LogP contribution in [0.5, 0.6) is 0 Å². The average molecular weight is 1240 g/mol. The first-order valence-corrected chi connectivity index (χ1v) is 34.5. The van der Waals surface area contributed by atoms with Gasteiger partial charge in [0.15, 0.2) is 0 Å². The zero-order chi connectivity index (χ0) is 59.9. The largest absolute Gasteiger partial charge is 0.309 e. The molecule has 8 aromatic heterocycles. The Morgan fingerprint density at radius 1 is 0.163 bits per heavy atom. The van der Waals surface area contributed by atoms with E-state index in [4.69, 9.17) is 0 Å². The smallest absolute Gasteiger partial charge is 0.0640 e. The summed E-state index contributed by atoms with van der Waals surface area (Å²) in [6, 6.07) is 108. The van der Waals surface area contributed by atoms with Crippen molar-refractivity contribution in [3.05, 3.63) is 291 Å². The van der Waals surface area contributed by atoms with Crippen LogP contribution in [0.1, 0.15) is 0 Å². The highest BCUT2D eigenvalue weighted by atomic mass is 32.1. The van der Waals surface area contributed by atoms with Gasteiger partial charge in [0.05, 0.1) is 64.9 Å². The van der Waals surface area contributed by atoms with Gasteiger partial charge in [-0.2, -0.15) is 0 Å². The van der Waals surface area contributed by atoms with Crippen molar-refractivity contribution >= 4 is 213 Å². The van der Waals surface area contributed by atoms with E-state index >= 15 is 0 Å². The molecule has 92 heavy (non-hydrogen) atoms. The monoisotopic (exact) mass is 1240 g/mol. The SMILES string of the molecule is c1ccc2c(c1)sc1c(-n3c4ccccc4c4cc5c6ccccc6n(-c6cccc7c6sc6ccccc67)c5cc43)cccc12.c1ccc2c(c1)sc1ccc(-n3c4ccccc4c4cc5c6ccccc6n(-c6ccc7sc8ccccc8c7c6)c5cc43)cc12. The molecule has 0 saturated heterocycles. The van der Waals surface area contributed by atoms with Gasteiger partial charge in [-0.1, -0.05) is 170 Å². The van der Waals surface area contributed by atoms with Crippen LogP contribution in [0, 0.1) is 0 Å². The van der Waals surface area contributed by atoms with Crippen molar-refractivity contribution in [2.24, 2.45) is 0 Å². The van der Waals surface area contributed by atoms with Crippen LogP contribution in [-0.2, 0) is 0 Å². The quantitative estimate of drug-likeness (QED) is 0.167. The molecule has 8 heterocycles. The Hall–Kier alpha value is -10.8. The van der Waals surface area contributed by atoms with Crippen LogP contribution in [0.25, 0.3) is 191 Å². The highest BCUT2D eigenvalue weighted by Crippen LogP contribution is 2.47. The third-order valence-electron chi connectivity index (χ3n) is 19.4. The molecule has 0 aliphatic heterocycles. The number of hydrogen-bond acceptors (Lipinski definition) is 4. The van der Waals surface area contributed by atoms with E-state index in [0.717, 1.165) is 0 Å². The normalized spacial score (nSPS) is 12.3. The second-order valence-electron chi connectivity index (χ2n) is 24.2. The second-order valence-corrected chi connectivity index (χ2v) is 28.5. The number of thiophene rings is 4. The number of fused-ring (bicyclic) bond motifs is 24.